The number of hydrogen-bond donors (Lipinski definition) is 7. The maximum atomic E-state index is 12.0. The molecule has 0 aromatic rings. The fourth-order valence-corrected chi connectivity index (χ4v) is 3.45. The predicted molar refractivity (Wildman–Crippen MR) is 166 cm³/mol. The van der Waals surface area contributed by atoms with E-state index in [1.807, 2.05) is 0 Å². The van der Waals surface area contributed by atoms with Gasteiger partial charge < -0.3 is 16.4 Å². The summed E-state index contributed by atoms with van der Waals surface area (Å²) >= 11 is 0. The van der Waals surface area contributed by atoms with Crippen molar-refractivity contribution in [3.05, 3.63) is 0 Å². The van der Waals surface area contributed by atoms with Gasteiger partial charge in [0.15, 0.2) is 0 Å². The minimum Gasteiger partial charge on any atom is -0.356 e. The molecule has 0 aromatic carbocycles. The molecule has 46 heavy (non-hydrogen) atoms. The second-order valence-corrected chi connectivity index (χ2v) is 11.5. The van der Waals surface area contributed by atoms with Crippen molar-refractivity contribution in [2.45, 2.75) is 90.4 Å². The molecule has 0 radical (unpaired) electrons. The number of carbonyl (C=O) groups is 5. The van der Waals surface area contributed by atoms with Gasteiger partial charge in [-0.3, -0.25) is 44.1 Å². The van der Waals surface area contributed by atoms with Crippen LogP contribution in [0, 0.1) is 0 Å². The summed E-state index contributed by atoms with van der Waals surface area (Å²) in [5.41, 5.74) is 5.39. The van der Waals surface area contributed by atoms with Crippen LogP contribution in [-0.4, -0.2) is 119 Å². The molecule has 0 saturated heterocycles. The van der Waals surface area contributed by atoms with Crippen molar-refractivity contribution in [1.82, 2.24) is 25.8 Å². The van der Waals surface area contributed by atoms with Gasteiger partial charge in [0.25, 0.3) is 10.1 Å². The molecule has 0 aliphatic heterocycles. The van der Waals surface area contributed by atoms with Crippen molar-refractivity contribution >= 4 is 52.1 Å². The Morgan fingerprint density at radius 2 is 0.957 bits per heavy atom. The van der Waals surface area contributed by atoms with E-state index in [-0.39, 0.29) is 86.6 Å². The monoisotopic (exact) mass is 748 g/mol. The van der Waals surface area contributed by atoms with Crippen LogP contribution in [0.4, 0.5) is 0 Å². The molecule has 0 rings (SSSR count). The van der Waals surface area contributed by atoms with Crippen molar-refractivity contribution in [2.24, 2.45) is 5.73 Å². The van der Waals surface area contributed by atoms with Crippen LogP contribution >= 0.6 is 12.4 Å². The first-order valence-electron chi connectivity index (χ1n) is 14.7. The van der Waals surface area contributed by atoms with Crippen LogP contribution in [-0.2, 0) is 51.2 Å². The van der Waals surface area contributed by atoms with Gasteiger partial charge in [-0.1, -0.05) is 6.42 Å². The van der Waals surface area contributed by atoms with E-state index in [1.54, 1.807) is 0 Å². The van der Waals surface area contributed by atoms with Crippen molar-refractivity contribution in [2.75, 3.05) is 45.5 Å². The summed E-state index contributed by atoms with van der Waals surface area (Å²) < 4.78 is 25.9. The molecule has 0 aliphatic rings. The molecule has 0 spiro atoms. The predicted octanol–water partition coefficient (Wildman–Crippen LogP) is 0.845. The largest absolute Gasteiger partial charge is 0.356 e. The molecule has 0 unspecified atom stereocenters. The number of nitrogens with one attached hydrogen (secondary N) is 2. The number of carbonyl (C=O) groups excluding carboxylic acids is 5. The van der Waals surface area contributed by atoms with Crippen LogP contribution in [0.5, 0.6) is 0 Å². The molecule has 17 nitrogen and oxygen atoms in total. The summed E-state index contributed by atoms with van der Waals surface area (Å²) in [7, 11) is -3.67. The summed E-state index contributed by atoms with van der Waals surface area (Å²) in [5.74, 6) is -2.05. The molecular formula is C26H53ClFeN6O11S. The third kappa shape index (κ3) is 36.4. The number of hydrogen-bond acceptors (Lipinski definition) is 11. The van der Waals surface area contributed by atoms with E-state index in [1.165, 1.54) is 6.92 Å². The zero-order chi connectivity index (χ0) is 34.0. The SMILES string of the molecule is CC(=O)N(O)CCCCCNC(=O)CCC(=O)N(O)CCCCCNC(=O)CCC(=O)N(O)CCCCCN.CS(=O)(=O)O.Cl.[Fe]. The van der Waals surface area contributed by atoms with E-state index in [0.29, 0.717) is 79.6 Å². The van der Waals surface area contributed by atoms with Crippen LogP contribution in [0.1, 0.15) is 90.4 Å². The molecule has 0 atom stereocenters. The maximum absolute atomic E-state index is 12.0. The molecule has 0 fully saturated rings. The first-order valence-corrected chi connectivity index (χ1v) is 16.5. The van der Waals surface area contributed by atoms with Crippen LogP contribution < -0.4 is 16.4 Å². The van der Waals surface area contributed by atoms with E-state index >= 15 is 0 Å². The third-order valence-corrected chi connectivity index (χ3v) is 5.88. The van der Waals surface area contributed by atoms with E-state index in [4.69, 9.17) is 10.3 Å². The molecule has 0 heterocycles. The maximum Gasteiger partial charge on any atom is 0.261 e. The number of nitrogens with two attached hydrogens (primary N) is 1. The molecular weight excluding hydrogens is 696 g/mol. The molecule has 8 N–H and O–H groups in total. The topological polar surface area (TPSA) is 260 Å². The van der Waals surface area contributed by atoms with Crippen molar-refractivity contribution in [3.8, 4) is 0 Å². The molecule has 20 heteroatoms. The number of unbranched alkanes of at least 4 members (excludes halogenated alkanes) is 6. The molecule has 274 valence electrons. The Kier molecular flexibility index (Phi) is 34.8. The summed E-state index contributed by atoms with van der Waals surface area (Å²) in [6.45, 7) is 3.22. The summed E-state index contributed by atoms with van der Waals surface area (Å²) in [4.78, 5) is 58.4. The van der Waals surface area contributed by atoms with Gasteiger partial charge >= 0.3 is 0 Å². The quantitative estimate of drug-likeness (QED) is 0.0252. The van der Waals surface area contributed by atoms with Gasteiger partial charge in [-0.25, -0.2) is 15.2 Å². The van der Waals surface area contributed by atoms with Crippen LogP contribution in [0.3, 0.4) is 0 Å². The number of rotatable bonds is 23. The van der Waals surface area contributed by atoms with Crippen molar-refractivity contribution < 1.29 is 69.6 Å². The van der Waals surface area contributed by atoms with E-state index < -0.39 is 27.8 Å². The number of hydroxylamine groups is 6. The van der Waals surface area contributed by atoms with Gasteiger partial charge in [0, 0.05) is 82.4 Å². The Hall–Kier alpha value is -2.09. The van der Waals surface area contributed by atoms with E-state index in [9.17, 15) is 48.0 Å². The first kappa shape index (κ1) is 50.8. The van der Waals surface area contributed by atoms with Gasteiger partial charge in [-0.2, -0.15) is 8.42 Å². The van der Waals surface area contributed by atoms with Gasteiger partial charge in [0.2, 0.25) is 29.5 Å². The standard InChI is InChI=1S/C25H48N6O8.CH4O3S.ClH.Fe/c1-21(32)29(37)18-9-3-6-16-27-22(33)12-14-25(36)31(39)20-10-4-7-17-28-23(34)11-13-24(35)30(38)19-8-2-5-15-26;1-5(2,3)4;;/h37-39H,2-20,26H2,1H3,(H,27,33)(H,28,34);1H3,(H,2,3,4);1H;. The minimum atomic E-state index is -3.67. The van der Waals surface area contributed by atoms with Gasteiger partial charge in [-0.05, 0) is 57.9 Å². The van der Waals surface area contributed by atoms with Crippen LogP contribution in [0.15, 0.2) is 0 Å². The normalized spacial score (nSPS) is 10.2. The van der Waals surface area contributed by atoms with E-state index in [2.05, 4.69) is 10.6 Å². The van der Waals surface area contributed by atoms with Gasteiger partial charge in [-0.15, -0.1) is 12.4 Å². The second-order valence-electron chi connectivity index (χ2n) is 10.1. The summed E-state index contributed by atoms with van der Waals surface area (Å²) in [6.07, 6.45) is 6.55. The molecule has 5 amide bonds. The fourth-order valence-electron chi connectivity index (χ4n) is 3.45. The van der Waals surface area contributed by atoms with Crippen LogP contribution in [0.25, 0.3) is 0 Å². The Bertz CT molecular complexity index is 959. The first-order chi connectivity index (χ1) is 20.6. The minimum absolute atomic E-state index is 0. The van der Waals surface area contributed by atoms with Gasteiger partial charge in [0.05, 0.1) is 6.26 Å². The van der Waals surface area contributed by atoms with Gasteiger partial charge in [0.1, 0.15) is 0 Å². The molecule has 0 saturated carbocycles. The fraction of sp³-hybridized carbons (Fsp3) is 0.808. The Labute approximate surface area is 288 Å². The smallest absolute Gasteiger partial charge is 0.261 e. The molecule has 0 bridgehead atoms. The van der Waals surface area contributed by atoms with Crippen molar-refractivity contribution in [3.63, 3.8) is 0 Å². The molecule has 0 aliphatic carbocycles. The zero-order valence-corrected chi connectivity index (χ0v) is 29.4. The number of amides is 5. The van der Waals surface area contributed by atoms with Crippen molar-refractivity contribution in [1.29, 1.82) is 0 Å². The average molecular weight is 749 g/mol. The summed E-state index contributed by atoms with van der Waals surface area (Å²) in [5, 5.41) is 36.1. The summed E-state index contributed by atoms with van der Waals surface area (Å²) in [6, 6.07) is 0. The Morgan fingerprint density at radius 1 is 0.630 bits per heavy atom. The molecule has 0 aromatic heterocycles. The van der Waals surface area contributed by atoms with E-state index in [0.717, 1.165) is 19.3 Å². The Balaban J connectivity index is -0.00000116. The second kappa shape index (κ2) is 31.5. The average Bonchev–Trinajstić information content (AvgIpc) is 2.94. The number of halogens is 1. The zero-order valence-electron chi connectivity index (χ0n) is 26.7. The van der Waals surface area contributed by atoms with Crippen LogP contribution in [0.2, 0.25) is 0 Å². The Morgan fingerprint density at radius 3 is 1.28 bits per heavy atom. The third-order valence-electron chi connectivity index (χ3n) is 5.88. The number of nitrogens with zero attached hydrogens (tertiary/aromatic N) is 3.